The summed E-state index contributed by atoms with van der Waals surface area (Å²) >= 11 is 0. The fourth-order valence-electron chi connectivity index (χ4n) is 2.22. The van der Waals surface area contributed by atoms with Gasteiger partial charge in [0, 0.05) is 25.7 Å². The number of unbranched alkanes of at least 4 members (excludes halogenated alkanes) is 1. The third-order valence-electron chi connectivity index (χ3n) is 3.16. The van der Waals surface area contributed by atoms with E-state index < -0.39 is 0 Å². The lowest BCUT2D eigenvalue weighted by Gasteiger charge is -2.09. The SMILES string of the molecule is C1CNC(CCCCC2=[NH+]CCCN2)=[NH+]C1. The Morgan fingerprint density at radius 1 is 0.812 bits per heavy atom. The highest BCUT2D eigenvalue weighted by molar-refractivity contribution is 5.77. The van der Waals surface area contributed by atoms with E-state index >= 15 is 0 Å². The summed E-state index contributed by atoms with van der Waals surface area (Å²) in [7, 11) is 0. The molecule has 0 aromatic rings. The lowest BCUT2D eigenvalue weighted by atomic mass is 10.1. The summed E-state index contributed by atoms with van der Waals surface area (Å²) < 4.78 is 0. The number of hydrogen-bond acceptors (Lipinski definition) is 2. The summed E-state index contributed by atoms with van der Waals surface area (Å²) in [6.45, 7) is 4.57. The molecule has 16 heavy (non-hydrogen) atoms. The second-order valence-corrected chi connectivity index (χ2v) is 4.58. The van der Waals surface area contributed by atoms with Crippen molar-refractivity contribution in [1.29, 1.82) is 0 Å². The molecule has 0 radical (unpaired) electrons. The molecule has 90 valence electrons. The van der Waals surface area contributed by atoms with Gasteiger partial charge in [-0.25, -0.2) is 0 Å². The van der Waals surface area contributed by atoms with Crippen molar-refractivity contribution in [3.05, 3.63) is 0 Å². The number of nitrogens with one attached hydrogen (secondary N) is 4. The third-order valence-corrected chi connectivity index (χ3v) is 3.16. The van der Waals surface area contributed by atoms with Crippen LogP contribution >= 0.6 is 0 Å². The van der Waals surface area contributed by atoms with Gasteiger partial charge in [-0.15, -0.1) is 0 Å². The molecule has 0 aliphatic carbocycles. The first kappa shape index (κ1) is 11.4. The smallest absolute Gasteiger partial charge is 0.242 e. The van der Waals surface area contributed by atoms with Crippen molar-refractivity contribution in [3.63, 3.8) is 0 Å². The van der Waals surface area contributed by atoms with Crippen molar-refractivity contribution < 1.29 is 9.98 Å². The highest BCUT2D eigenvalue weighted by Crippen LogP contribution is 1.99. The van der Waals surface area contributed by atoms with Crippen LogP contribution in [0, 0.1) is 0 Å². The van der Waals surface area contributed by atoms with Gasteiger partial charge in [-0.05, 0) is 12.8 Å². The molecule has 0 aromatic carbocycles. The van der Waals surface area contributed by atoms with E-state index in [2.05, 4.69) is 20.6 Å². The summed E-state index contributed by atoms with van der Waals surface area (Å²) in [5.41, 5.74) is 0. The lowest BCUT2D eigenvalue weighted by molar-refractivity contribution is -0.466. The Morgan fingerprint density at radius 3 is 1.69 bits per heavy atom. The topological polar surface area (TPSA) is 52.0 Å². The van der Waals surface area contributed by atoms with Crippen molar-refractivity contribution in [1.82, 2.24) is 10.6 Å². The van der Waals surface area contributed by atoms with Crippen molar-refractivity contribution >= 4 is 11.7 Å². The minimum Gasteiger partial charge on any atom is -0.278 e. The molecular weight excluding hydrogens is 200 g/mol. The zero-order chi connectivity index (χ0) is 11.1. The molecule has 2 aliphatic rings. The predicted octanol–water partition coefficient (Wildman–Crippen LogP) is -2.51. The van der Waals surface area contributed by atoms with Gasteiger partial charge in [-0.1, -0.05) is 0 Å². The van der Waals surface area contributed by atoms with Crippen LogP contribution in [0.25, 0.3) is 0 Å². The molecule has 0 amide bonds. The van der Waals surface area contributed by atoms with E-state index in [9.17, 15) is 0 Å². The van der Waals surface area contributed by atoms with Crippen LogP contribution in [0.1, 0.15) is 38.5 Å². The van der Waals surface area contributed by atoms with Crippen LogP contribution in [0.3, 0.4) is 0 Å². The molecular formula is C12H24N4+2. The Labute approximate surface area is 97.6 Å². The summed E-state index contributed by atoms with van der Waals surface area (Å²) in [6, 6.07) is 0. The molecule has 0 saturated heterocycles. The van der Waals surface area contributed by atoms with Crippen molar-refractivity contribution in [2.45, 2.75) is 38.5 Å². The highest BCUT2D eigenvalue weighted by atomic mass is 15.0. The molecule has 0 aromatic heterocycles. The van der Waals surface area contributed by atoms with Gasteiger partial charge in [-0.3, -0.25) is 20.6 Å². The maximum atomic E-state index is 3.43. The molecule has 4 N–H and O–H groups in total. The monoisotopic (exact) mass is 224 g/mol. The van der Waals surface area contributed by atoms with Crippen molar-refractivity contribution in [2.24, 2.45) is 0 Å². The van der Waals surface area contributed by atoms with Gasteiger partial charge in [0.25, 0.3) is 0 Å². The Morgan fingerprint density at radius 2 is 1.31 bits per heavy atom. The molecule has 2 heterocycles. The van der Waals surface area contributed by atoms with Crippen LogP contribution in [0.4, 0.5) is 0 Å². The molecule has 4 heteroatoms. The second kappa shape index (κ2) is 6.51. The zero-order valence-corrected chi connectivity index (χ0v) is 10.1. The van der Waals surface area contributed by atoms with Gasteiger partial charge in [0.1, 0.15) is 0 Å². The van der Waals surface area contributed by atoms with Gasteiger partial charge in [0.15, 0.2) is 0 Å². The normalized spacial score (nSPS) is 20.5. The fraction of sp³-hybridized carbons (Fsp3) is 0.833. The average Bonchev–Trinajstić information content (AvgIpc) is 2.37. The lowest BCUT2D eigenvalue weighted by Crippen LogP contribution is -2.79. The predicted molar refractivity (Wildman–Crippen MR) is 65.4 cm³/mol. The summed E-state index contributed by atoms with van der Waals surface area (Å²) in [4.78, 5) is 6.85. The maximum absolute atomic E-state index is 3.43. The Bertz CT molecular complexity index is 242. The van der Waals surface area contributed by atoms with Crippen LogP contribution in [-0.4, -0.2) is 37.9 Å². The van der Waals surface area contributed by atoms with Gasteiger partial charge < -0.3 is 0 Å². The highest BCUT2D eigenvalue weighted by Gasteiger charge is 2.12. The van der Waals surface area contributed by atoms with Crippen LogP contribution < -0.4 is 20.6 Å². The zero-order valence-electron chi connectivity index (χ0n) is 10.1. The van der Waals surface area contributed by atoms with E-state index in [0.29, 0.717) is 0 Å². The molecule has 0 fully saturated rings. The first-order chi connectivity index (χ1) is 7.95. The van der Waals surface area contributed by atoms with E-state index in [1.165, 1.54) is 50.2 Å². The van der Waals surface area contributed by atoms with Crippen LogP contribution in [-0.2, 0) is 0 Å². The summed E-state index contributed by atoms with van der Waals surface area (Å²) in [6.07, 6.45) is 7.37. The minimum atomic E-state index is 1.14. The standard InChI is InChI=1S/C12H22N4/c1(5-11-13-7-3-8-14-11)2-6-12-15-9-4-10-16-12/h1-10H2,(H,13,14)(H,15,16)/p+2. The summed E-state index contributed by atoms with van der Waals surface area (Å²) in [5.74, 6) is 2.70. The van der Waals surface area contributed by atoms with E-state index in [-0.39, 0.29) is 0 Å². The molecule has 0 atom stereocenters. The molecule has 0 saturated carbocycles. The Balaban J connectivity index is 1.57. The van der Waals surface area contributed by atoms with Gasteiger partial charge in [-0.2, -0.15) is 0 Å². The van der Waals surface area contributed by atoms with Gasteiger partial charge in [0.05, 0.1) is 26.2 Å². The van der Waals surface area contributed by atoms with Crippen LogP contribution in [0.5, 0.6) is 0 Å². The van der Waals surface area contributed by atoms with Gasteiger partial charge >= 0.3 is 0 Å². The largest absolute Gasteiger partial charge is 0.278 e. The number of rotatable bonds is 5. The van der Waals surface area contributed by atoms with Crippen molar-refractivity contribution in [3.8, 4) is 0 Å². The molecule has 2 aliphatic heterocycles. The quantitative estimate of drug-likeness (QED) is 0.390. The number of amidine groups is 2. The molecule has 0 spiro atoms. The third kappa shape index (κ3) is 3.83. The van der Waals surface area contributed by atoms with Crippen LogP contribution in [0.2, 0.25) is 0 Å². The molecule has 0 unspecified atom stereocenters. The Kier molecular flexibility index (Phi) is 4.65. The van der Waals surface area contributed by atoms with Crippen LogP contribution in [0.15, 0.2) is 0 Å². The fourth-order valence-corrected chi connectivity index (χ4v) is 2.22. The van der Waals surface area contributed by atoms with E-state index in [0.717, 1.165) is 26.2 Å². The number of hydrogen-bond donors (Lipinski definition) is 4. The maximum Gasteiger partial charge on any atom is 0.242 e. The second-order valence-electron chi connectivity index (χ2n) is 4.58. The first-order valence-electron chi connectivity index (χ1n) is 6.62. The summed E-state index contributed by atoms with van der Waals surface area (Å²) in [5, 5.41) is 6.85. The van der Waals surface area contributed by atoms with Crippen molar-refractivity contribution in [2.75, 3.05) is 26.2 Å². The molecule has 0 bridgehead atoms. The Hall–Kier alpha value is -1.06. The van der Waals surface area contributed by atoms with E-state index in [4.69, 9.17) is 0 Å². The first-order valence-corrected chi connectivity index (χ1v) is 6.62. The van der Waals surface area contributed by atoms with E-state index in [1.807, 2.05) is 0 Å². The van der Waals surface area contributed by atoms with Gasteiger partial charge in [0.2, 0.25) is 11.7 Å². The molecule has 2 rings (SSSR count). The molecule has 4 nitrogen and oxygen atoms in total. The van der Waals surface area contributed by atoms with E-state index in [1.54, 1.807) is 0 Å². The minimum absolute atomic E-state index is 1.14. The average molecular weight is 224 g/mol.